The molecule has 1 heterocycles. The van der Waals surface area contributed by atoms with Crippen LogP contribution in [0.5, 0.6) is 0 Å². The van der Waals surface area contributed by atoms with E-state index in [1.807, 2.05) is 0 Å². The van der Waals surface area contributed by atoms with E-state index < -0.39 is 4.33 Å². The molecule has 6 heteroatoms. The average molecular weight is 258 g/mol. The monoisotopic (exact) mass is 256 g/mol. The van der Waals surface area contributed by atoms with E-state index in [0.29, 0.717) is 10.3 Å². The average Bonchev–Trinajstić information content (AvgIpc) is 2.45. The van der Waals surface area contributed by atoms with Crippen LogP contribution in [-0.2, 0) is 0 Å². The van der Waals surface area contributed by atoms with Gasteiger partial charge in [0.05, 0.1) is 6.20 Å². The van der Waals surface area contributed by atoms with E-state index >= 15 is 0 Å². The number of hydrogen-bond donors (Lipinski definition) is 1. The SMILES string of the molecule is Clc1cnc(NCC2CC2(Cl)Cl)s1. The van der Waals surface area contributed by atoms with Gasteiger partial charge >= 0.3 is 0 Å². The first-order valence-electron chi connectivity index (χ1n) is 3.81. The van der Waals surface area contributed by atoms with Gasteiger partial charge < -0.3 is 5.32 Å². The number of rotatable bonds is 3. The van der Waals surface area contributed by atoms with Gasteiger partial charge in [-0.15, -0.1) is 23.2 Å². The molecule has 0 radical (unpaired) electrons. The van der Waals surface area contributed by atoms with Crippen LogP contribution in [0.4, 0.5) is 5.13 Å². The molecule has 0 saturated heterocycles. The largest absolute Gasteiger partial charge is 0.361 e. The molecule has 72 valence electrons. The molecule has 0 bridgehead atoms. The third-order valence-corrected chi connectivity index (χ3v) is 3.93. The Morgan fingerprint density at radius 1 is 1.69 bits per heavy atom. The minimum absolute atomic E-state index is 0.332. The second kappa shape index (κ2) is 3.46. The van der Waals surface area contributed by atoms with Crippen LogP contribution in [-0.4, -0.2) is 15.9 Å². The normalized spacial score (nSPS) is 24.4. The van der Waals surface area contributed by atoms with Crippen LogP contribution >= 0.6 is 46.1 Å². The lowest BCUT2D eigenvalue weighted by Gasteiger charge is -2.00. The Hall–Kier alpha value is 0.300. The number of nitrogens with one attached hydrogen (secondary N) is 1. The number of anilines is 1. The Bertz CT molecular complexity index is 312. The maximum absolute atomic E-state index is 5.86. The predicted molar refractivity (Wildman–Crippen MR) is 58.2 cm³/mol. The van der Waals surface area contributed by atoms with E-state index in [-0.39, 0.29) is 0 Å². The van der Waals surface area contributed by atoms with Crippen LogP contribution in [0.2, 0.25) is 4.34 Å². The Morgan fingerprint density at radius 2 is 2.38 bits per heavy atom. The molecular formula is C7H7Cl3N2S. The summed E-state index contributed by atoms with van der Waals surface area (Å²) in [5, 5.41) is 3.96. The third kappa shape index (κ3) is 2.40. The lowest BCUT2D eigenvalue weighted by Crippen LogP contribution is -2.06. The molecule has 0 aliphatic heterocycles. The molecule has 1 N–H and O–H groups in total. The minimum atomic E-state index is -0.520. The van der Waals surface area contributed by atoms with E-state index in [2.05, 4.69) is 10.3 Å². The summed E-state index contributed by atoms with van der Waals surface area (Å²) in [6.45, 7) is 0.761. The van der Waals surface area contributed by atoms with Crippen LogP contribution in [0.1, 0.15) is 6.42 Å². The Kier molecular flexibility index (Phi) is 2.62. The molecule has 0 spiro atoms. The van der Waals surface area contributed by atoms with Crippen molar-refractivity contribution in [3.8, 4) is 0 Å². The van der Waals surface area contributed by atoms with Gasteiger partial charge in [0.2, 0.25) is 0 Å². The number of thiazole rings is 1. The molecule has 1 unspecified atom stereocenters. The van der Waals surface area contributed by atoms with Gasteiger partial charge in [0.25, 0.3) is 0 Å². The van der Waals surface area contributed by atoms with Gasteiger partial charge in [0.1, 0.15) is 8.67 Å². The Morgan fingerprint density at radius 3 is 2.85 bits per heavy atom. The number of aromatic nitrogens is 1. The lowest BCUT2D eigenvalue weighted by molar-refractivity contribution is 0.873. The van der Waals surface area contributed by atoms with Crippen LogP contribution in [0, 0.1) is 5.92 Å². The van der Waals surface area contributed by atoms with Gasteiger partial charge in [-0.1, -0.05) is 22.9 Å². The van der Waals surface area contributed by atoms with Gasteiger partial charge in [-0.3, -0.25) is 0 Å². The van der Waals surface area contributed by atoms with Crippen molar-refractivity contribution in [1.82, 2.24) is 4.98 Å². The summed E-state index contributed by atoms with van der Waals surface area (Å²) in [6, 6.07) is 0. The fourth-order valence-corrected chi connectivity index (χ4v) is 2.38. The quantitative estimate of drug-likeness (QED) is 0.840. The fraction of sp³-hybridized carbons (Fsp3) is 0.571. The predicted octanol–water partition coefficient (Wildman–Crippen LogP) is 3.40. The molecule has 2 rings (SSSR count). The van der Waals surface area contributed by atoms with Crippen molar-refractivity contribution in [2.75, 3.05) is 11.9 Å². The van der Waals surface area contributed by atoms with Crippen molar-refractivity contribution in [1.29, 1.82) is 0 Å². The zero-order valence-corrected chi connectivity index (χ0v) is 9.64. The summed E-state index contributed by atoms with van der Waals surface area (Å²) in [7, 11) is 0. The van der Waals surface area contributed by atoms with Crippen molar-refractivity contribution in [3.63, 3.8) is 0 Å². The highest BCUT2D eigenvalue weighted by molar-refractivity contribution is 7.19. The molecule has 1 aliphatic rings. The van der Waals surface area contributed by atoms with Gasteiger partial charge in [0, 0.05) is 12.5 Å². The zero-order valence-electron chi connectivity index (χ0n) is 6.56. The molecule has 13 heavy (non-hydrogen) atoms. The molecular weight excluding hydrogens is 251 g/mol. The topological polar surface area (TPSA) is 24.9 Å². The summed E-state index contributed by atoms with van der Waals surface area (Å²) in [5.41, 5.74) is 0. The van der Waals surface area contributed by atoms with Gasteiger partial charge in [-0.25, -0.2) is 4.98 Å². The van der Waals surface area contributed by atoms with Crippen molar-refractivity contribution >= 4 is 51.3 Å². The molecule has 0 aromatic carbocycles. The summed E-state index contributed by atoms with van der Waals surface area (Å²) < 4.78 is 0.162. The summed E-state index contributed by atoms with van der Waals surface area (Å²) >= 11 is 18.8. The van der Waals surface area contributed by atoms with Crippen molar-refractivity contribution in [2.24, 2.45) is 5.92 Å². The summed E-state index contributed by atoms with van der Waals surface area (Å²) in [5.74, 6) is 0.332. The standard InChI is InChI=1S/C7H7Cl3N2S/c8-5-3-12-6(13-5)11-2-4-1-7(4,9)10/h3-4H,1-2H2,(H,11,12). The first-order chi connectivity index (χ1) is 6.08. The van der Waals surface area contributed by atoms with E-state index in [0.717, 1.165) is 18.1 Å². The molecule has 1 aliphatic carbocycles. The van der Waals surface area contributed by atoms with Gasteiger partial charge in [0.15, 0.2) is 5.13 Å². The first kappa shape index (κ1) is 9.84. The third-order valence-electron chi connectivity index (χ3n) is 1.93. The van der Waals surface area contributed by atoms with E-state index in [1.54, 1.807) is 6.20 Å². The molecule has 1 aromatic rings. The second-order valence-electron chi connectivity index (χ2n) is 3.01. The molecule has 2 nitrogen and oxygen atoms in total. The second-order valence-corrected chi connectivity index (χ2v) is 6.22. The number of hydrogen-bond acceptors (Lipinski definition) is 3. The Labute approximate surface area is 95.2 Å². The molecule has 1 fully saturated rings. The van der Waals surface area contributed by atoms with Crippen LogP contribution in [0.15, 0.2) is 6.20 Å². The summed E-state index contributed by atoms with van der Waals surface area (Å²) in [4.78, 5) is 4.05. The van der Waals surface area contributed by atoms with Crippen LogP contribution in [0.25, 0.3) is 0 Å². The molecule has 1 aromatic heterocycles. The van der Waals surface area contributed by atoms with Gasteiger partial charge in [-0.2, -0.15) is 0 Å². The first-order valence-corrected chi connectivity index (χ1v) is 5.76. The van der Waals surface area contributed by atoms with Crippen molar-refractivity contribution < 1.29 is 0 Å². The molecule has 1 atom stereocenters. The van der Waals surface area contributed by atoms with Crippen LogP contribution < -0.4 is 5.32 Å². The minimum Gasteiger partial charge on any atom is -0.361 e. The highest BCUT2D eigenvalue weighted by Crippen LogP contribution is 2.52. The fourth-order valence-electron chi connectivity index (χ4n) is 1.04. The van der Waals surface area contributed by atoms with E-state index in [9.17, 15) is 0 Å². The smallest absolute Gasteiger partial charge is 0.184 e. The maximum atomic E-state index is 5.86. The zero-order chi connectivity index (χ0) is 9.47. The number of alkyl halides is 2. The highest BCUT2D eigenvalue weighted by Gasteiger charge is 2.51. The number of halogens is 3. The Balaban J connectivity index is 1.81. The number of nitrogens with zero attached hydrogens (tertiary/aromatic N) is 1. The van der Waals surface area contributed by atoms with Crippen molar-refractivity contribution in [3.05, 3.63) is 10.5 Å². The molecule has 0 amide bonds. The molecule has 1 saturated carbocycles. The van der Waals surface area contributed by atoms with E-state index in [1.165, 1.54) is 11.3 Å². The highest BCUT2D eigenvalue weighted by atomic mass is 35.5. The lowest BCUT2D eigenvalue weighted by atomic mass is 10.4. The van der Waals surface area contributed by atoms with Crippen molar-refractivity contribution in [2.45, 2.75) is 10.8 Å². The van der Waals surface area contributed by atoms with Gasteiger partial charge in [-0.05, 0) is 6.42 Å². The van der Waals surface area contributed by atoms with Crippen LogP contribution in [0.3, 0.4) is 0 Å². The maximum Gasteiger partial charge on any atom is 0.184 e. The summed E-state index contributed by atoms with van der Waals surface area (Å²) in [6.07, 6.45) is 2.47. The van der Waals surface area contributed by atoms with E-state index in [4.69, 9.17) is 34.8 Å².